The first kappa shape index (κ1) is 20.8. The summed E-state index contributed by atoms with van der Waals surface area (Å²) < 4.78 is 27.7. The Morgan fingerprint density at radius 3 is 2.32 bits per heavy atom. The van der Waals surface area contributed by atoms with Crippen molar-refractivity contribution in [1.29, 1.82) is 0 Å². The van der Waals surface area contributed by atoms with Crippen LogP contribution in [0.2, 0.25) is 0 Å². The van der Waals surface area contributed by atoms with E-state index in [1.807, 2.05) is 68.4 Å². The van der Waals surface area contributed by atoms with E-state index in [2.05, 4.69) is 4.90 Å². The lowest BCUT2D eigenvalue weighted by molar-refractivity contribution is 0.198. The lowest BCUT2D eigenvalue weighted by Gasteiger charge is -2.25. The van der Waals surface area contributed by atoms with Crippen LogP contribution in [0.5, 0.6) is 0 Å². The predicted octanol–water partition coefficient (Wildman–Crippen LogP) is 3.25. The number of β-amino-alcohol motifs (C(OH)–C–C–N with tert-alkyl or cyclic N) is 1. The van der Waals surface area contributed by atoms with Gasteiger partial charge < -0.3 is 10.0 Å². The summed E-state index contributed by atoms with van der Waals surface area (Å²) in [6, 6.07) is 17.3. The van der Waals surface area contributed by atoms with Crippen molar-refractivity contribution in [2.75, 3.05) is 24.5 Å². The van der Waals surface area contributed by atoms with Crippen LogP contribution in [0.15, 0.2) is 54.6 Å². The van der Waals surface area contributed by atoms with Crippen molar-refractivity contribution in [3.8, 4) is 0 Å². The third-order valence-electron chi connectivity index (χ3n) is 4.98. The van der Waals surface area contributed by atoms with Gasteiger partial charge in [-0.15, -0.1) is 0 Å². The Hall–Kier alpha value is -1.89. The third-order valence-corrected chi connectivity index (χ3v) is 6.74. The van der Waals surface area contributed by atoms with E-state index in [-0.39, 0.29) is 17.8 Å². The standard InChI is InChI=1S/C22H30N2O3S/c1-18(2)14-24(28(26,27)17-20-6-4-3-5-7-20)15-19-8-10-21(11-9-19)23-13-12-22(25)16-23/h3-11,18,22,25H,12-17H2,1-2H3. The molecule has 2 aromatic rings. The van der Waals surface area contributed by atoms with Gasteiger partial charge in [0.05, 0.1) is 11.9 Å². The molecule has 0 aromatic heterocycles. The van der Waals surface area contributed by atoms with Crippen molar-refractivity contribution in [2.24, 2.45) is 5.92 Å². The molecule has 1 heterocycles. The van der Waals surface area contributed by atoms with E-state index in [4.69, 9.17) is 0 Å². The van der Waals surface area contributed by atoms with Crippen LogP contribution in [0.25, 0.3) is 0 Å². The van der Waals surface area contributed by atoms with Crippen LogP contribution in [0.4, 0.5) is 5.69 Å². The van der Waals surface area contributed by atoms with E-state index in [1.165, 1.54) is 0 Å². The summed E-state index contributed by atoms with van der Waals surface area (Å²) in [7, 11) is -3.41. The number of hydrogen-bond donors (Lipinski definition) is 1. The highest BCUT2D eigenvalue weighted by atomic mass is 32.2. The van der Waals surface area contributed by atoms with Crippen LogP contribution < -0.4 is 4.90 Å². The van der Waals surface area contributed by atoms with Gasteiger partial charge in [-0.1, -0.05) is 56.3 Å². The Labute approximate surface area is 168 Å². The highest BCUT2D eigenvalue weighted by molar-refractivity contribution is 7.88. The molecule has 1 aliphatic rings. The van der Waals surface area contributed by atoms with E-state index in [0.717, 1.165) is 29.8 Å². The first-order valence-electron chi connectivity index (χ1n) is 9.87. The molecule has 1 unspecified atom stereocenters. The average molecular weight is 403 g/mol. The molecule has 2 aromatic carbocycles. The molecule has 6 heteroatoms. The maximum absolute atomic E-state index is 13.0. The topological polar surface area (TPSA) is 60.9 Å². The number of hydrogen-bond acceptors (Lipinski definition) is 4. The Morgan fingerprint density at radius 1 is 1.07 bits per heavy atom. The first-order chi connectivity index (χ1) is 13.3. The average Bonchev–Trinajstić information content (AvgIpc) is 3.08. The predicted molar refractivity (Wildman–Crippen MR) is 114 cm³/mol. The van der Waals surface area contributed by atoms with Crippen molar-refractivity contribution in [1.82, 2.24) is 4.31 Å². The highest BCUT2D eigenvalue weighted by Crippen LogP contribution is 2.22. The van der Waals surface area contributed by atoms with E-state index >= 15 is 0 Å². The molecule has 28 heavy (non-hydrogen) atoms. The number of benzene rings is 2. The van der Waals surface area contributed by atoms with Crippen molar-refractivity contribution in [2.45, 2.75) is 38.7 Å². The Balaban J connectivity index is 1.73. The van der Waals surface area contributed by atoms with E-state index in [1.54, 1.807) is 4.31 Å². The molecule has 0 aliphatic carbocycles. The Morgan fingerprint density at radius 2 is 1.75 bits per heavy atom. The fourth-order valence-corrected chi connectivity index (χ4v) is 5.22. The molecule has 0 radical (unpaired) electrons. The molecule has 0 saturated carbocycles. The zero-order valence-electron chi connectivity index (χ0n) is 16.7. The van der Waals surface area contributed by atoms with Gasteiger partial charge in [0.2, 0.25) is 10.0 Å². The fraction of sp³-hybridized carbons (Fsp3) is 0.455. The molecular weight excluding hydrogens is 372 g/mol. The molecule has 1 atom stereocenters. The Bertz CT molecular complexity index is 851. The minimum Gasteiger partial charge on any atom is -0.391 e. The molecule has 0 bridgehead atoms. The van der Waals surface area contributed by atoms with Gasteiger partial charge in [0.15, 0.2) is 0 Å². The summed E-state index contributed by atoms with van der Waals surface area (Å²) in [5.41, 5.74) is 2.85. The molecular formula is C22H30N2O3S. The van der Waals surface area contributed by atoms with Gasteiger partial charge in [-0.2, -0.15) is 4.31 Å². The van der Waals surface area contributed by atoms with E-state index < -0.39 is 10.0 Å². The number of nitrogens with zero attached hydrogens (tertiary/aromatic N) is 2. The van der Waals surface area contributed by atoms with Gasteiger partial charge in [0.1, 0.15) is 0 Å². The second-order valence-electron chi connectivity index (χ2n) is 7.98. The van der Waals surface area contributed by atoms with Crippen LogP contribution in [0.1, 0.15) is 31.4 Å². The lowest BCUT2D eigenvalue weighted by atomic mass is 10.1. The third kappa shape index (κ3) is 5.56. The van der Waals surface area contributed by atoms with E-state index in [0.29, 0.717) is 19.6 Å². The van der Waals surface area contributed by atoms with Crippen molar-refractivity contribution in [3.05, 3.63) is 65.7 Å². The van der Waals surface area contributed by atoms with E-state index in [9.17, 15) is 13.5 Å². The second-order valence-corrected chi connectivity index (χ2v) is 9.95. The lowest BCUT2D eigenvalue weighted by Crippen LogP contribution is -2.34. The monoisotopic (exact) mass is 402 g/mol. The van der Waals surface area contributed by atoms with Crippen molar-refractivity contribution < 1.29 is 13.5 Å². The maximum Gasteiger partial charge on any atom is 0.218 e. The van der Waals surface area contributed by atoms with Gasteiger partial charge in [-0.25, -0.2) is 8.42 Å². The maximum atomic E-state index is 13.0. The van der Waals surface area contributed by atoms with Gasteiger partial charge >= 0.3 is 0 Å². The van der Waals surface area contributed by atoms with Gasteiger partial charge in [0, 0.05) is 31.9 Å². The summed E-state index contributed by atoms with van der Waals surface area (Å²) in [4.78, 5) is 2.16. The number of rotatable bonds is 8. The highest BCUT2D eigenvalue weighted by Gasteiger charge is 2.24. The molecule has 3 rings (SSSR count). The van der Waals surface area contributed by atoms with Gasteiger partial charge in [0.25, 0.3) is 0 Å². The summed E-state index contributed by atoms with van der Waals surface area (Å²) in [5.74, 6) is 0.264. The molecule has 0 amide bonds. The van der Waals surface area contributed by atoms with Gasteiger partial charge in [-0.3, -0.25) is 0 Å². The summed E-state index contributed by atoms with van der Waals surface area (Å²) in [6.45, 7) is 6.45. The summed E-state index contributed by atoms with van der Waals surface area (Å²) in [5, 5.41) is 9.71. The molecule has 1 N–H and O–H groups in total. The molecule has 1 fully saturated rings. The van der Waals surface area contributed by atoms with Crippen molar-refractivity contribution >= 4 is 15.7 Å². The second kappa shape index (κ2) is 9.07. The minimum atomic E-state index is -3.41. The zero-order chi connectivity index (χ0) is 20.1. The molecule has 5 nitrogen and oxygen atoms in total. The number of sulfonamides is 1. The summed E-state index contributed by atoms with van der Waals surface area (Å²) >= 11 is 0. The zero-order valence-corrected chi connectivity index (χ0v) is 17.5. The van der Waals surface area contributed by atoms with Crippen LogP contribution in [-0.4, -0.2) is 43.6 Å². The minimum absolute atomic E-state index is 0.0182. The van der Waals surface area contributed by atoms with Crippen LogP contribution in [0.3, 0.4) is 0 Å². The fourth-order valence-electron chi connectivity index (χ4n) is 3.55. The van der Waals surface area contributed by atoms with Gasteiger partial charge in [-0.05, 0) is 35.6 Å². The quantitative estimate of drug-likeness (QED) is 0.736. The normalized spacial score (nSPS) is 17.6. The number of anilines is 1. The number of aliphatic hydroxyl groups excluding tert-OH is 1. The molecule has 152 valence electrons. The Kier molecular flexibility index (Phi) is 6.75. The van der Waals surface area contributed by atoms with Crippen molar-refractivity contribution in [3.63, 3.8) is 0 Å². The summed E-state index contributed by atoms with van der Waals surface area (Å²) in [6.07, 6.45) is 0.533. The van der Waals surface area contributed by atoms with Crippen LogP contribution in [-0.2, 0) is 22.3 Å². The smallest absolute Gasteiger partial charge is 0.218 e. The molecule has 1 aliphatic heterocycles. The first-order valence-corrected chi connectivity index (χ1v) is 11.5. The number of aliphatic hydroxyl groups is 1. The molecule has 0 spiro atoms. The van der Waals surface area contributed by atoms with Crippen LogP contribution >= 0.6 is 0 Å². The SMILES string of the molecule is CC(C)CN(Cc1ccc(N2CCC(O)C2)cc1)S(=O)(=O)Cc1ccccc1. The van der Waals surface area contributed by atoms with Crippen LogP contribution in [0, 0.1) is 5.92 Å². The molecule has 1 saturated heterocycles. The largest absolute Gasteiger partial charge is 0.391 e.